The third kappa shape index (κ3) is 7.66. The van der Waals surface area contributed by atoms with E-state index in [1.807, 2.05) is 4.90 Å². The minimum absolute atomic E-state index is 0.0642. The molecular weight excluding hydrogens is 692 g/mol. The van der Waals surface area contributed by atoms with Crippen LogP contribution in [0.4, 0.5) is 32.0 Å². The quantitative estimate of drug-likeness (QED) is 0.280. The number of primary amides is 1. The van der Waals surface area contributed by atoms with Crippen molar-refractivity contribution in [1.29, 1.82) is 0 Å². The summed E-state index contributed by atoms with van der Waals surface area (Å²) in [5, 5.41) is 1.10. The first-order valence-corrected chi connectivity index (χ1v) is 16.5. The number of alkyl halides is 6. The number of halogens is 6. The molecular formula is C33H33F6N5O5S. The average Bonchev–Trinajstić information content (AvgIpc) is 3.56. The second kappa shape index (κ2) is 14.6. The maximum Gasteiger partial charge on any atom is 0.425 e. The summed E-state index contributed by atoms with van der Waals surface area (Å²) < 4.78 is 94.5. The van der Waals surface area contributed by atoms with E-state index in [-0.39, 0.29) is 70.0 Å². The molecule has 0 unspecified atom stereocenters. The Hall–Kier alpha value is -4.80. The Balaban J connectivity index is 1.50. The van der Waals surface area contributed by atoms with Crippen molar-refractivity contribution in [2.24, 2.45) is 5.73 Å². The van der Waals surface area contributed by atoms with Crippen molar-refractivity contribution < 1.29 is 50.2 Å². The van der Waals surface area contributed by atoms with E-state index in [1.165, 1.54) is 11.0 Å². The molecule has 4 heterocycles. The Morgan fingerprint density at radius 1 is 1.02 bits per heavy atom. The number of hydrogen-bond donors (Lipinski definition) is 1. The number of benzene rings is 1. The number of rotatable bonds is 9. The van der Waals surface area contributed by atoms with Crippen LogP contribution in [0.25, 0.3) is 0 Å². The van der Waals surface area contributed by atoms with Gasteiger partial charge in [0, 0.05) is 63.0 Å². The molecule has 2 aromatic heterocycles. The van der Waals surface area contributed by atoms with Gasteiger partial charge in [-0.2, -0.15) is 26.3 Å². The summed E-state index contributed by atoms with van der Waals surface area (Å²) in [5.41, 5.74) is 1.79. The van der Waals surface area contributed by atoms with Crippen LogP contribution in [0.15, 0.2) is 65.9 Å². The minimum atomic E-state index is -4.89. The predicted octanol–water partition coefficient (Wildman–Crippen LogP) is 5.74. The summed E-state index contributed by atoms with van der Waals surface area (Å²) in [5.74, 6) is -2.28. The van der Waals surface area contributed by atoms with Gasteiger partial charge in [0.1, 0.15) is 16.4 Å². The monoisotopic (exact) mass is 725 g/mol. The summed E-state index contributed by atoms with van der Waals surface area (Å²) >= 11 is 0.364. The molecule has 17 heteroatoms. The maximum absolute atomic E-state index is 14.7. The molecule has 0 saturated carbocycles. The number of hydrogen-bond acceptors (Lipinski definition) is 8. The first-order chi connectivity index (χ1) is 23.7. The maximum atomic E-state index is 14.7. The van der Waals surface area contributed by atoms with Gasteiger partial charge in [-0.15, -0.1) is 11.3 Å². The Morgan fingerprint density at radius 3 is 2.38 bits per heavy atom. The highest BCUT2D eigenvalue weighted by Crippen LogP contribution is 2.43. The molecule has 2 saturated heterocycles. The fraction of sp³-hybridized carbons (Fsp3) is 0.394. The topological polar surface area (TPSA) is 118 Å². The number of para-hydroxylation sites is 2. The molecule has 10 nitrogen and oxygen atoms in total. The highest BCUT2D eigenvalue weighted by atomic mass is 32.1. The van der Waals surface area contributed by atoms with Gasteiger partial charge in [0.25, 0.3) is 17.7 Å². The number of thiophene rings is 1. The van der Waals surface area contributed by atoms with E-state index in [0.717, 1.165) is 28.7 Å². The molecule has 2 aliphatic heterocycles. The molecule has 2 N–H and O–H groups in total. The zero-order valence-corrected chi connectivity index (χ0v) is 27.5. The van der Waals surface area contributed by atoms with Crippen molar-refractivity contribution in [2.75, 3.05) is 44.2 Å². The first kappa shape index (κ1) is 36.5. The highest BCUT2D eigenvalue weighted by molar-refractivity contribution is 7.10. The number of piperazine rings is 1. The van der Waals surface area contributed by atoms with Gasteiger partial charge in [-0.1, -0.05) is 25.1 Å². The van der Waals surface area contributed by atoms with Crippen molar-refractivity contribution in [3.63, 3.8) is 0 Å². The number of piperidine rings is 1. The van der Waals surface area contributed by atoms with Crippen LogP contribution in [0.3, 0.4) is 0 Å². The number of amides is 3. The first-order valence-electron chi connectivity index (χ1n) is 15.6. The van der Waals surface area contributed by atoms with Gasteiger partial charge in [0.15, 0.2) is 6.61 Å². The van der Waals surface area contributed by atoms with Crippen molar-refractivity contribution >= 4 is 34.7 Å². The van der Waals surface area contributed by atoms with Crippen LogP contribution in [0.5, 0.6) is 11.5 Å². The molecule has 50 heavy (non-hydrogen) atoms. The second-order valence-electron chi connectivity index (χ2n) is 11.6. The van der Waals surface area contributed by atoms with E-state index in [1.54, 1.807) is 31.2 Å². The van der Waals surface area contributed by atoms with Crippen LogP contribution >= 0.6 is 11.3 Å². The third-order valence-corrected chi connectivity index (χ3v) is 9.20. The molecule has 0 spiro atoms. The smallest absolute Gasteiger partial charge is 0.425 e. The number of aromatic nitrogens is 1. The second-order valence-corrected chi connectivity index (χ2v) is 12.5. The van der Waals surface area contributed by atoms with E-state index in [4.69, 9.17) is 15.2 Å². The van der Waals surface area contributed by atoms with Gasteiger partial charge in [-0.05, 0) is 31.0 Å². The van der Waals surface area contributed by atoms with Gasteiger partial charge >= 0.3 is 12.4 Å². The lowest BCUT2D eigenvalue weighted by atomic mass is 9.85. The number of anilines is 1. The Bertz CT molecular complexity index is 1750. The molecule has 0 bridgehead atoms. The molecule has 0 aliphatic carbocycles. The molecule has 3 aromatic rings. The van der Waals surface area contributed by atoms with Crippen LogP contribution in [-0.4, -0.2) is 77.4 Å². The SMILES string of the molecule is CC/C=C1\N(C(=O)c2cnccc2C(F)(F)F)CCC[C@@]1(Oc1csc(C(F)(F)F)c1)C(=O)N1CCN(c2ccccc2OCC(N)=O)CC1. The van der Waals surface area contributed by atoms with E-state index in [9.17, 15) is 40.7 Å². The lowest BCUT2D eigenvalue weighted by molar-refractivity contribution is -0.149. The zero-order chi connectivity index (χ0) is 36.3. The number of carbonyl (C=O) groups is 3. The summed E-state index contributed by atoms with van der Waals surface area (Å²) in [7, 11) is 0. The van der Waals surface area contributed by atoms with Crippen LogP contribution in [0.2, 0.25) is 0 Å². The number of ether oxygens (including phenoxy) is 2. The lowest BCUT2D eigenvalue weighted by Gasteiger charge is -2.47. The number of likely N-dealkylation sites (tertiary alicyclic amines) is 1. The zero-order valence-electron chi connectivity index (χ0n) is 26.7. The molecule has 2 aliphatic rings. The fourth-order valence-corrected chi connectivity index (χ4v) is 6.75. The van der Waals surface area contributed by atoms with Crippen molar-refractivity contribution in [1.82, 2.24) is 14.8 Å². The third-order valence-electron chi connectivity index (χ3n) is 8.25. The molecule has 5 rings (SSSR count). The summed E-state index contributed by atoms with van der Waals surface area (Å²) in [6, 6.07) is 8.36. The van der Waals surface area contributed by atoms with Crippen LogP contribution in [-0.2, 0) is 21.9 Å². The summed E-state index contributed by atoms with van der Waals surface area (Å²) in [6.45, 7) is 2.03. The van der Waals surface area contributed by atoms with Gasteiger partial charge in [-0.3, -0.25) is 19.4 Å². The van der Waals surface area contributed by atoms with Gasteiger partial charge in [0.05, 0.1) is 22.5 Å². The molecule has 268 valence electrons. The van der Waals surface area contributed by atoms with Gasteiger partial charge < -0.3 is 29.9 Å². The Morgan fingerprint density at radius 2 is 1.74 bits per heavy atom. The molecule has 3 amide bonds. The highest BCUT2D eigenvalue weighted by Gasteiger charge is 2.53. The van der Waals surface area contributed by atoms with E-state index in [2.05, 4.69) is 4.98 Å². The molecule has 2 fully saturated rings. The predicted molar refractivity (Wildman–Crippen MR) is 170 cm³/mol. The number of nitrogens with two attached hydrogens (primary N) is 1. The number of carbonyl (C=O) groups excluding carboxylic acids is 3. The Kier molecular flexibility index (Phi) is 10.6. The summed E-state index contributed by atoms with van der Waals surface area (Å²) in [4.78, 5) is 47.1. The van der Waals surface area contributed by atoms with E-state index in [0.29, 0.717) is 28.8 Å². The van der Waals surface area contributed by atoms with E-state index < -0.39 is 51.7 Å². The summed E-state index contributed by atoms with van der Waals surface area (Å²) in [6.07, 6.45) is -6.17. The van der Waals surface area contributed by atoms with Crippen molar-refractivity contribution in [2.45, 2.75) is 44.1 Å². The standard InChI is InChI=1S/C33H33F6N5O5S/c1-2-6-26-31(49-21-17-27(50-20-21)33(37,38)39,10-5-12-44(26)29(46)22-18-41-11-9-23(22)32(34,35)36)30(47)43-15-13-42(14-16-43)24-7-3-4-8-25(24)48-19-28(40)45/h3-4,6-9,11,17-18,20H,2,5,10,12-16,19H2,1H3,(H2,40,45)/b26-6-/t31-/m0/s1. The number of nitrogens with zero attached hydrogens (tertiary/aromatic N) is 4. The van der Waals surface area contributed by atoms with Crippen LogP contribution < -0.4 is 20.1 Å². The average molecular weight is 726 g/mol. The number of allylic oxidation sites excluding steroid dienone is 1. The largest absolute Gasteiger partial charge is 0.482 e. The molecule has 1 aromatic carbocycles. The normalized spacial score (nSPS) is 19.4. The lowest BCUT2D eigenvalue weighted by Crippen LogP contribution is -2.63. The fourth-order valence-electron chi connectivity index (χ4n) is 6.07. The number of pyridine rings is 1. The van der Waals surface area contributed by atoms with Crippen LogP contribution in [0, 0.1) is 0 Å². The van der Waals surface area contributed by atoms with Crippen molar-refractivity contribution in [3.8, 4) is 11.5 Å². The van der Waals surface area contributed by atoms with Gasteiger partial charge in [0.2, 0.25) is 5.60 Å². The Labute approximate surface area is 287 Å². The van der Waals surface area contributed by atoms with E-state index >= 15 is 0 Å². The minimum Gasteiger partial charge on any atom is -0.482 e. The molecule has 1 atom stereocenters. The molecule has 0 radical (unpaired) electrons. The van der Waals surface area contributed by atoms with Crippen LogP contribution in [0.1, 0.15) is 47.0 Å². The van der Waals surface area contributed by atoms with Gasteiger partial charge in [-0.25, -0.2) is 0 Å². The van der Waals surface area contributed by atoms with Crippen molar-refractivity contribution in [3.05, 3.63) is 81.9 Å².